The molecule has 0 aliphatic rings. The number of fused-ring (bicyclic) bond motifs is 1. The molecule has 0 saturated carbocycles. The molecule has 0 aliphatic heterocycles. The Morgan fingerprint density at radius 2 is 1.96 bits per heavy atom. The number of aromatic nitrogens is 1. The average molecular weight is 317 g/mol. The number of aryl methyl sites for hydroxylation is 1. The van der Waals surface area contributed by atoms with Gasteiger partial charge in [0.25, 0.3) is 0 Å². The van der Waals surface area contributed by atoms with Gasteiger partial charge < -0.3 is 21.1 Å². The van der Waals surface area contributed by atoms with Gasteiger partial charge in [0.1, 0.15) is 0 Å². The van der Waals surface area contributed by atoms with Crippen molar-refractivity contribution in [3.63, 3.8) is 0 Å². The zero-order valence-electron chi connectivity index (χ0n) is 14.2. The second-order valence-corrected chi connectivity index (χ2v) is 6.32. The van der Waals surface area contributed by atoms with Crippen molar-refractivity contribution in [2.45, 2.75) is 46.1 Å². The first-order chi connectivity index (χ1) is 10.9. The zero-order valence-corrected chi connectivity index (χ0v) is 14.2. The van der Waals surface area contributed by atoms with Gasteiger partial charge in [0.2, 0.25) is 0 Å². The van der Waals surface area contributed by atoms with E-state index in [4.69, 9.17) is 11.5 Å². The number of carboxylic acid groups (broad SMARTS) is 1. The topological polar surface area (TPSA) is 94.3 Å². The third-order valence-electron chi connectivity index (χ3n) is 4.43. The van der Waals surface area contributed by atoms with Crippen LogP contribution in [-0.2, 0) is 13.0 Å². The zero-order chi connectivity index (χ0) is 17.1. The number of hydrogen-bond acceptors (Lipinski definition) is 3. The minimum absolute atomic E-state index is 0.241. The van der Waals surface area contributed by atoms with Gasteiger partial charge in [0, 0.05) is 24.2 Å². The lowest BCUT2D eigenvalue weighted by Gasteiger charge is -2.14. The van der Waals surface area contributed by atoms with Crippen molar-refractivity contribution in [3.8, 4) is 0 Å². The summed E-state index contributed by atoms with van der Waals surface area (Å²) in [4.78, 5) is 11.5. The van der Waals surface area contributed by atoms with Crippen LogP contribution < -0.4 is 11.5 Å². The second-order valence-electron chi connectivity index (χ2n) is 6.32. The first-order valence-electron chi connectivity index (χ1n) is 8.21. The number of nitrogens with zero attached hydrogens (tertiary/aromatic N) is 1. The fraction of sp³-hybridized carbons (Fsp3) is 0.500. The molecule has 23 heavy (non-hydrogen) atoms. The molecule has 0 saturated heterocycles. The standard InChI is InChI=1S/C18H27N3O2/c1-11(2)15-9-13(18(22)23)10-16-14(5-4-6-19)12(3)21(8-7-20)17(15)16/h9-11H,4-8,19-20H2,1-3H3,(H,22,23). The lowest BCUT2D eigenvalue weighted by molar-refractivity contribution is 0.0697. The maximum Gasteiger partial charge on any atom is 0.335 e. The molecule has 0 spiro atoms. The Balaban J connectivity index is 2.83. The summed E-state index contributed by atoms with van der Waals surface area (Å²) in [6.45, 7) is 8.19. The largest absolute Gasteiger partial charge is 0.478 e. The quantitative estimate of drug-likeness (QED) is 0.731. The fourth-order valence-corrected chi connectivity index (χ4v) is 3.28. The predicted octanol–water partition coefficient (Wildman–Crippen LogP) is 2.62. The van der Waals surface area contributed by atoms with Gasteiger partial charge in [0.05, 0.1) is 11.1 Å². The molecule has 1 aromatic carbocycles. The van der Waals surface area contributed by atoms with Crippen molar-refractivity contribution < 1.29 is 9.90 Å². The van der Waals surface area contributed by atoms with Gasteiger partial charge >= 0.3 is 5.97 Å². The van der Waals surface area contributed by atoms with Crippen molar-refractivity contribution in [1.29, 1.82) is 0 Å². The molecule has 1 aromatic heterocycles. The molecular weight excluding hydrogens is 290 g/mol. The Bertz CT molecular complexity index is 717. The molecule has 0 amide bonds. The van der Waals surface area contributed by atoms with Crippen LogP contribution in [0.2, 0.25) is 0 Å². The summed E-state index contributed by atoms with van der Waals surface area (Å²) in [7, 11) is 0. The molecule has 126 valence electrons. The Morgan fingerprint density at radius 3 is 2.48 bits per heavy atom. The van der Waals surface area contributed by atoms with Crippen molar-refractivity contribution in [3.05, 3.63) is 34.5 Å². The number of carbonyl (C=O) groups is 1. The number of rotatable bonds is 7. The van der Waals surface area contributed by atoms with E-state index < -0.39 is 5.97 Å². The van der Waals surface area contributed by atoms with Crippen LogP contribution in [0, 0.1) is 6.92 Å². The molecule has 0 aliphatic carbocycles. The molecule has 5 heteroatoms. The number of hydrogen-bond donors (Lipinski definition) is 3. The Labute approximate surface area is 137 Å². The molecular formula is C18H27N3O2. The van der Waals surface area contributed by atoms with Gasteiger partial charge in [-0.2, -0.15) is 0 Å². The highest BCUT2D eigenvalue weighted by Gasteiger charge is 2.20. The number of carboxylic acids is 1. The highest BCUT2D eigenvalue weighted by Crippen LogP contribution is 2.34. The van der Waals surface area contributed by atoms with Gasteiger partial charge in [-0.25, -0.2) is 4.79 Å². The van der Waals surface area contributed by atoms with Crippen LogP contribution in [0.5, 0.6) is 0 Å². The maximum atomic E-state index is 11.5. The third-order valence-corrected chi connectivity index (χ3v) is 4.43. The van der Waals surface area contributed by atoms with E-state index in [1.165, 1.54) is 11.3 Å². The number of nitrogens with two attached hydrogens (primary N) is 2. The lowest BCUT2D eigenvalue weighted by Crippen LogP contribution is -2.12. The minimum Gasteiger partial charge on any atom is -0.478 e. The summed E-state index contributed by atoms with van der Waals surface area (Å²) in [5, 5.41) is 10.5. The first kappa shape index (κ1) is 17.5. The van der Waals surface area contributed by atoms with E-state index in [1.807, 2.05) is 0 Å². The van der Waals surface area contributed by atoms with Crippen LogP contribution in [-0.4, -0.2) is 28.7 Å². The molecule has 0 unspecified atom stereocenters. The summed E-state index contributed by atoms with van der Waals surface area (Å²) in [5.74, 6) is -0.646. The summed E-state index contributed by atoms with van der Waals surface area (Å²) in [6.07, 6.45) is 1.74. The van der Waals surface area contributed by atoms with Crippen LogP contribution in [0.25, 0.3) is 10.9 Å². The van der Waals surface area contributed by atoms with Crippen LogP contribution >= 0.6 is 0 Å². The Hall–Kier alpha value is -1.85. The monoisotopic (exact) mass is 317 g/mol. The van der Waals surface area contributed by atoms with E-state index in [2.05, 4.69) is 25.3 Å². The van der Waals surface area contributed by atoms with Crippen LogP contribution in [0.4, 0.5) is 0 Å². The van der Waals surface area contributed by atoms with E-state index >= 15 is 0 Å². The molecule has 0 fully saturated rings. The van der Waals surface area contributed by atoms with Crippen molar-refractivity contribution in [2.75, 3.05) is 13.1 Å². The van der Waals surface area contributed by atoms with Gasteiger partial charge in [0.15, 0.2) is 0 Å². The highest BCUT2D eigenvalue weighted by atomic mass is 16.4. The molecule has 0 radical (unpaired) electrons. The van der Waals surface area contributed by atoms with Crippen LogP contribution in [0.3, 0.4) is 0 Å². The summed E-state index contributed by atoms with van der Waals surface area (Å²) in [6, 6.07) is 3.60. The fourth-order valence-electron chi connectivity index (χ4n) is 3.28. The summed E-state index contributed by atoms with van der Waals surface area (Å²) < 4.78 is 2.24. The molecule has 2 rings (SSSR count). The van der Waals surface area contributed by atoms with E-state index in [9.17, 15) is 9.90 Å². The first-order valence-corrected chi connectivity index (χ1v) is 8.21. The predicted molar refractivity (Wildman–Crippen MR) is 94.2 cm³/mol. The van der Waals surface area contributed by atoms with E-state index in [0.29, 0.717) is 18.7 Å². The molecule has 0 bridgehead atoms. The number of benzene rings is 1. The van der Waals surface area contributed by atoms with Gasteiger partial charge in [-0.15, -0.1) is 0 Å². The molecule has 1 heterocycles. The normalized spacial score (nSPS) is 11.6. The summed E-state index contributed by atoms with van der Waals surface area (Å²) >= 11 is 0. The second kappa shape index (κ2) is 7.15. The molecule has 5 nitrogen and oxygen atoms in total. The van der Waals surface area contributed by atoms with E-state index in [0.717, 1.165) is 35.9 Å². The Kier molecular flexibility index (Phi) is 5.44. The lowest BCUT2D eigenvalue weighted by atomic mass is 9.95. The van der Waals surface area contributed by atoms with E-state index in [1.54, 1.807) is 12.1 Å². The average Bonchev–Trinajstić information content (AvgIpc) is 2.77. The maximum absolute atomic E-state index is 11.5. The molecule has 0 atom stereocenters. The van der Waals surface area contributed by atoms with Crippen molar-refractivity contribution >= 4 is 16.9 Å². The molecule has 2 aromatic rings. The smallest absolute Gasteiger partial charge is 0.335 e. The number of aromatic carboxylic acids is 1. The van der Waals surface area contributed by atoms with Crippen molar-refractivity contribution in [2.24, 2.45) is 11.5 Å². The van der Waals surface area contributed by atoms with Crippen LogP contribution in [0.1, 0.15) is 53.4 Å². The SMILES string of the molecule is Cc1c(CCCN)c2cc(C(=O)O)cc(C(C)C)c2n1CCN. The van der Waals surface area contributed by atoms with Gasteiger partial charge in [-0.1, -0.05) is 13.8 Å². The van der Waals surface area contributed by atoms with E-state index in [-0.39, 0.29) is 5.92 Å². The third kappa shape index (κ3) is 3.26. The van der Waals surface area contributed by atoms with Crippen molar-refractivity contribution in [1.82, 2.24) is 4.57 Å². The van der Waals surface area contributed by atoms with Gasteiger partial charge in [-0.05, 0) is 55.5 Å². The molecule has 5 N–H and O–H groups in total. The Morgan fingerprint density at radius 1 is 1.26 bits per heavy atom. The summed E-state index contributed by atoms with van der Waals surface area (Å²) in [5.41, 5.74) is 16.4. The minimum atomic E-state index is -0.886. The highest BCUT2D eigenvalue weighted by molar-refractivity contribution is 5.97. The van der Waals surface area contributed by atoms with Crippen LogP contribution in [0.15, 0.2) is 12.1 Å². The van der Waals surface area contributed by atoms with Gasteiger partial charge in [-0.3, -0.25) is 0 Å².